The van der Waals surface area contributed by atoms with E-state index in [4.69, 9.17) is 4.98 Å². The summed E-state index contributed by atoms with van der Waals surface area (Å²) in [4.78, 5) is 12.6. The largest absolute Gasteiger partial charge is 0.324 e. The number of aromatic nitrogens is 3. The molecule has 3 aromatic rings. The van der Waals surface area contributed by atoms with Crippen molar-refractivity contribution in [2.45, 2.75) is 39.5 Å². The number of nitrogens with one attached hydrogen (secondary N) is 1. The van der Waals surface area contributed by atoms with Gasteiger partial charge < -0.3 is 5.32 Å². The normalized spacial score (nSPS) is 11.5. The highest BCUT2D eigenvalue weighted by Crippen LogP contribution is 2.30. The molecule has 0 spiro atoms. The lowest BCUT2D eigenvalue weighted by Gasteiger charge is -2.15. The molecule has 0 unspecified atom stereocenters. The third-order valence-corrected chi connectivity index (χ3v) is 3.95. The highest BCUT2D eigenvalue weighted by atomic mass is 19.1. The van der Waals surface area contributed by atoms with E-state index in [9.17, 15) is 4.39 Å². The molecule has 0 aliphatic heterocycles. The van der Waals surface area contributed by atoms with Crippen LogP contribution in [-0.4, -0.2) is 15.0 Å². The molecule has 0 bridgehead atoms. The van der Waals surface area contributed by atoms with Gasteiger partial charge in [-0.1, -0.05) is 27.7 Å². The molecular weight excluding hydrogens is 303 g/mol. The summed E-state index contributed by atoms with van der Waals surface area (Å²) in [6.07, 6.45) is 2.29. The maximum atomic E-state index is 12.9. The Labute approximate surface area is 141 Å². The number of hydrogen-bond acceptors (Lipinski definition) is 4. The van der Waals surface area contributed by atoms with Crippen LogP contribution in [0.3, 0.4) is 0 Å². The molecule has 0 aliphatic rings. The van der Waals surface area contributed by atoms with Gasteiger partial charge in [0.05, 0.1) is 17.9 Å². The molecule has 5 heteroatoms. The van der Waals surface area contributed by atoms with Crippen molar-refractivity contribution in [3.05, 3.63) is 53.7 Å². The van der Waals surface area contributed by atoms with Crippen molar-refractivity contribution in [3.8, 4) is 0 Å². The monoisotopic (exact) mass is 324 g/mol. The quantitative estimate of drug-likeness (QED) is 0.720. The summed E-state index contributed by atoms with van der Waals surface area (Å²) >= 11 is 0. The van der Waals surface area contributed by atoms with Gasteiger partial charge in [-0.05, 0) is 41.7 Å². The fourth-order valence-corrected chi connectivity index (χ4v) is 2.63. The number of hydrogen-bond donors (Lipinski definition) is 1. The molecule has 24 heavy (non-hydrogen) atoms. The van der Waals surface area contributed by atoms with Crippen molar-refractivity contribution in [3.63, 3.8) is 0 Å². The minimum absolute atomic E-state index is 0.369. The van der Waals surface area contributed by atoms with Crippen molar-refractivity contribution < 1.29 is 4.39 Å². The smallest absolute Gasteiger partial charge is 0.227 e. The number of anilines is 2. The van der Waals surface area contributed by atoms with Gasteiger partial charge in [0, 0.05) is 16.8 Å². The molecule has 0 atom stereocenters. The highest BCUT2D eigenvalue weighted by molar-refractivity contribution is 5.86. The van der Waals surface area contributed by atoms with E-state index in [1.807, 2.05) is 12.1 Å². The molecule has 4 nitrogen and oxygen atoms in total. The Bertz CT molecular complexity index is 857. The Morgan fingerprint density at radius 1 is 0.958 bits per heavy atom. The first-order valence-electron chi connectivity index (χ1n) is 8.13. The van der Waals surface area contributed by atoms with Crippen LogP contribution in [0.15, 0.2) is 36.7 Å². The summed E-state index contributed by atoms with van der Waals surface area (Å²) in [6, 6.07) is 8.18. The van der Waals surface area contributed by atoms with E-state index in [1.165, 1.54) is 5.56 Å². The number of nitrogens with zero attached hydrogens (tertiary/aromatic N) is 3. The van der Waals surface area contributed by atoms with Gasteiger partial charge in [-0.15, -0.1) is 0 Å². The van der Waals surface area contributed by atoms with Crippen LogP contribution in [0, 0.1) is 5.82 Å². The first kappa shape index (κ1) is 16.3. The number of rotatable bonds is 4. The lowest BCUT2D eigenvalue weighted by molar-refractivity contribution is 0.614. The van der Waals surface area contributed by atoms with E-state index < -0.39 is 5.82 Å². The molecule has 0 radical (unpaired) electrons. The Balaban J connectivity index is 2.04. The second kappa shape index (κ2) is 6.51. The van der Waals surface area contributed by atoms with Gasteiger partial charge in [-0.25, -0.2) is 14.4 Å². The zero-order valence-corrected chi connectivity index (χ0v) is 14.3. The molecule has 2 aromatic heterocycles. The van der Waals surface area contributed by atoms with E-state index in [-0.39, 0.29) is 0 Å². The third kappa shape index (κ3) is 3.35. The summed E-state index contributed by atoms with van der Waals surface area (Å²) in [7, 11) is 0. The Kier molecular flexibility index (Phi) is 4.42. The van der Waals surface area contributed by atoms with Gasteiger partial charge in [0.1, 0.15) is 0 Å². The Hall–Kier alpha value is -2.56. The van der Waals surface area contributed by atoms with Gasteiger partial charge in [-0.2, -0.15) is 0 Å². The van der Waals surface area contributed by atoms with Gasteiger partial charge in [0.15, 0.2) is 5.82 Å². The average molecular weight is 324 g/mol. The van der Waals surface area contributed by atoms with Crippen LogP contribution >= 0.6 is 0 Å². The SMILES string of the molecule is CC(C)c1cc(C(C)C)c2cc(Nc3ncc(F)cn3)ccc2n1. The predicted molar refractivity (Wildman–Crippen MR) is 95.2 cm³/mol. The molecule has 0 saturated heterocycles. The minimum atomic E-state index is -0.452. The molecular formula is C19H21FN4. The second-order valence-electron chi connectivity index (χ2n) is 6.53. The fraction of sp³-hybridized carbons (Fsp3) is 0.316. The van der Waals surface area contributed by atoms with E-state index in [2.05, 4.69) is 55.1 Å². The molecule has 1 N–H and O–H groups in total. The first-order valence-corrected chi connectivity index (χ1v) is 8.13. The van der Waals surface area contributed by atoms with Gasteiger partial charge in [0.25, 0.3) is 0 Å². The van der Waals surface area contributed by atoms with Crippen molar-refractivity contribution in [2.75, 3.05) is 5.32 Å². The lowest BCUT2D eigenvalue weighted by Crippen LogP contribution is -2.01. The summed E-state index contributed by atoms with van der Waals surface area (Å²) in [6.45, 7) is 8.67. The van der Waals surface area contributed by atoms with Crippen LogP contribution in [0.1, 0.15) is 50.8 Å². The molecule has 0 amide bonds. The van der Waals surface area contributed by atoms with Gasteiger partial charge in [0.2, 0.25) is 5.95 Å². The summed E-state index contributed by atoms with van der Waals surface area (Å²) in [5.41, 5.74) is 4.21. The average Bonchev–Trinajstić information content (AvgIpc) is 2.55. The lowest BCUT2D eigenvalue weighted by atomic mass is 9.95. The third-order valence-electron chi connectivity index (χ3n) is 3.95. The Morgan fingerprint density at radius 3 is 2.29 bits per heavy atom. The van der Waals surface area contributed by atoms with Crippen LogP contribution in [0.2, 0.25) is 0 Å². The van der Waals surface area contributed by atoms with Crippen molar-refractivity contribution in [1.82, 2.24) is 15.0 Å². The molecule has 3 rings (SSSR count). The van der Waals surface area contributed by atoms with Gasteiger partial charge >= 0.3 is 0 Å². The topological polar surface area (TPSA) is 50.7 Å². The first-order chi connectivity index (χ1) is 11.4. The van der Waals surface area contributed by atoms with Crippen LogP contribution in [0.25, 0.3) is 10.9 Å². The molecule has 0 aliphatic carbocycles. The molecule has 124 valence electrons. The zero-order chi connectivity index (χ0) is 17.3. The van der Waals surface area contributed by atoms with Crippen molar-refractivity contribution >= 4 is 22.5 Å². The van der Waals surface area contributed by atoms with Crippen molar-refractivity contribution in [1.29, 1.82) is 0 Å². The summed E-state index contributed by atoms with van der Waals surface area (Å²) in [5.74, 6) is 0.697. The predicted octanol–water partition coefficient (Wildman–Crippen LogP) is 5.15. The summed E-state index contributed by atoms with van der Waals surface area (Å²) in [5, 5.41) is 4.22. The maximum absolute atomic E-state index is 12.9. The number of benzene rings is 1. The highest BCUT2D eigenvalue weighted by Gasteiger charge is 2.12. The molecule has 0 fully saturated rings. The number of pyridine rings is 1. The van der Waals surface area contributed by atoms with Crippen LogP contribution in [-0.2, 0) is 0 Å². The van der Waals surface area contributed by atoms with Crippen LogP contribution < -0.4 is 5.32 Å². The van der Waals surface area contributed by atoms with Crippen LogP contribution in [0.4, 0.5) is 16.0 Å². The van der Waals surface area contributed by atoms with Crippen molar-refractivity contribution in [2.24, 2.45) is 0 Å². The molecule has 0 saturated carbocycles. The van der Waals surface area contributed by atoms with E-state index in [0.29, 0.717) is 17.8 Å². The van der Waals surface area contributed by atoms with Crippen LogP contribution in [0.5, 0.6) is 0 Å². The van der Waals surface area contributed by atoms with E-state index >= 15 is 0 Å². The fourth-order valence-electron chi connectivity index (χ4n) is 2.63. The van der Waals surface area contributed by atoms with E-state index in [1.54, 1.807) is 0 Å². The Morgan fingerprint density at radius 2 is 1.67 bits per heavy atom. The summed E-state index contributed by atoms with van der Waals surface area (Å²) < 4.78 is 12.9. The minimum Gasteiger partial charge on any atom is -0.324 e. The molecule has 2 heterocycles. The number of halogens is 1. The van der Waals surface area contributed by atoms with E-state index in [0.717, 1.165) is 34.7 Å². The van der Waals surface area contributed by atoms with Gasteiger partial charge in [-0.3, -0.25) is 4.98 Å². The standard InChI is InChI=1S/C19H21FN4/c1-11(2)15-8-18(12(3)4)24-17-6-5-14(7-16(15)17)23-19-21-9-13(20)10-22-19/h5-12H,1-4H3,(H,21,22,23). The maximum Gasteiger partial charge on any atom is 0.227 e. The molecule has 1 aromatic carbocycles. The number of fused-ring (bicyclic) bond motifs is 1. The zero-order valence-electron chi connectivity index (χ0n) is 14.3. The second-order valence-corrected chi connectivity index (χ2v) is 6.53.